The summed E-state index contributed by atoms with van der Waals surface area (Å²) in [7, 11) is 0. The fourth-order valence-electron chi connectivity index (χ4n) is 0.599. The summed E-state index contributed by atoms with van der Waals surface area (Å²) in [6.07, 6.45) is 2.94. The van der Waals surface area contributed by atoms with Gasteiger partial charge in [0.2, 0.25) is 0 Å². The van der Waals surface area contributed by atoms with E-state index in [1.165, 1.54) is 24.2 Å². The van der Waals surface area contributed by atoms with E-state index >= 15 is 0 Å². The van der Waals surface area contributed by atoms with E-state index in [4.69, 9.17) is 10.4 Å². The second-order valence-electron chi connectivity index (χ2n) is 1.92. The predicted molar refractivity (Wildman–Crippen MR) is 44.6 cm³/mol. The highest BCUT2D eigenvalue weighted by Gasteiger charge is 1.95. The molecule has 0 saturated carbocycles. The van der Waals surface area contributed by atoms with E-state index in [1.54, 1.807) is 0 Å². The fraction of sp³-hybridized carbons (Fsp3) is 0.286. The Bertz CT molecular complexity index is 280. The number of aliphatic hydroxyl groups is 1. The van der Waals surface area contributed by atoms with Gasteiger partial charge < -0.3 is 5.11 Å². The van der Waals surface area contributed by atoms with Crippen LogP contribution in [0.3, 0.4) is 0 Å². The van der Waals surface area contributed by atoms with Crippen molar-refractivity contribution in [2.24, 2.45) is 0 Å². The Labute approximate surface area is 74.3 Å². The highest BCUT2D eigenvalue weighted by atomic mass is 32.2. The standard InChI is InChI=1S/C7H7N3OS/c8-3-6-4-10-7(5-9-6)12-2-1-11/h4-5,11H,1-2H2. The molecule has 0 aliphatic heterocycles. The van der Waals surface area contributed by atoms with Crippen LogP contribution >= 0.6 is 11.8 Å². The van der Waals surface area contributed by atoms with Crippen molar-refractivity contribution >= 4 is 11.8 Å². The van der Waals surface area contributed by atoms with Gasteiger partial charge in [-0.2, -0.15) is 5.26 Å². The zero-order valence-corrected chi connectivity index (χ0v) is 7.08. The Hall–Kier alpha value is -1.12. The molecule has 0 bridgehead atoms. The molecule has 0 aliphatic carbocycles. The van der Waals surface area contributed by atoms with Gasteiger partial charge in [-0.25, -0.2) is 9.97 Å². The van der Waals surface area contributed by atoms with E-state index in [0.717, 1.165) is 5.03 Å². The number of hydrogen-bond acceptors (Lipinski definition) is 5. The molecule has 1 aromatic rings. The summed E-state index contributed by atoms with van der Waals surface area (Å²) in [5.41, 5.74) is 0.309. The van der Waals surface area contributed by atoms with Crippen LogP contribution in [-0.4, -0.2) is 27.4 Å². The number of rotatable bonds is 3. The summed E-state index contributed by atoms with van der Waals surface area (Å²) in [4.78, 5) is 7.78. The van der Waals surface area contributed by atoms with Crippen LogP contribution in [0.1, 0.15) is 5.69 Å². The van der Waals surface area contributed by atoms with Gasteiger partial charge in [0.05, 0.1) is 19.0 Å². The van der Waals surface area contributed by atoms with Crippen LogP contribution in [0.5, 0.6) is 0 Å². The van der Waals surface area contributed by atoms with Crippen LogP contribution in [0.25, 0.3) is 0 Å². The first kappa shape index (κ1) is 8.97. The van der Waals surface area contributed by atoms with Crippen molar-refractivity contribution in [1.82, 2.24) is 9.97 Å². The van der Waals surface area contributed by atoms with Gasteiger partial charge in [-0.15, -0.1) is 11.8 Å². The maximum atomic E-state index is 8.51. The van der Waals surface area contributed by atoms with Crippen LogP contribution in [0.4, 0.5) is 0 Å². The third-order valence-electron chi connectivity index (χ3n) is 1.08. The molecule has 1 aromatic heterocycles. The summed E-state index contributed by atoms with van der Waals surface area (Å²) in [6, 6.07) is 1.88. The van der Waals surface area contributed by atoms with Crippen LogP contribution in [-0.2, 0) is 0 Å². The molecule has 5 heteroatoms. The minimum Gasteiger partial charge on any atom is -0.396 e. The van der Waals surface area contributed by atoms with E-state index in [-0.39, 0.29) is 6.61 Å². The number of hydrogen-bond donors (Lipinski definition) is 1. The maximum Gasteiger partial charge on any atom is 0.158 e. The lowest BCUT2D eigenvalue weighted by atomic mass is 10.5. The molecule has 12 heavy (non-hydrogen) atoms. The largest absolute Gasteiger partial charge is 0.396 e. The topological polar surface area (TPSA) is 69.8 Å². The Morgan fingerprint density at radius 3 is 2.83 bits per heavy atom. The van der Waals surface area contributed by atoms with Crippen LogP contribution < -0.4 is 0 Å². The van der Waals surface area contributed by atoms with Crippen molar-refractivity contribution in [3.05, 3.63) is 18.1 Å². The van der Waals surface area contributed by atoms with Gasteiger partial charge in [0.1, 0.15) is 11.1 Å². The first-order valence-corrected chi connectivity index (χ1v) is 4.31. The Morgan fingerprint density at radius 2 is 2.33 bits per heavy atom. The summed E-state index contributed by atoms with van der Waals surface area (Å²) < 4.78 is 0. The molecule has 0 unspecified atom stereocenters. The second kappa shape index (κ2) is 4.70. The Balaban J connectivity index is 2.60. The molecule has 4 nitrogen and oxygen atoms in total. The molecule has 1 heterocycles. The number of aromatic nitrogens is 2. The van der Waals surface area contributed by atoms with Gasteiger partial charge in [-0.1, -0.05) is 0 Å². The lowest BCUT2D eigenvalue weighted by molar-refractivity contribution is 0.322. The quantitative estimate of drug-likeness (QED) is 0.685. The number of thioether (sulfide) groups is 1. The normalized spacial score (nSPS) is 9.33. The lowest BCUT2D eigenvalue weighted by Crippen LogP contribution is -1.90. The fourth-order valence-corrected chi connectivity index (χ4v) is 1.15. The van der Waals surface area contributed by atoms with Crippen molar-refractivity contribution in [3.63, 3.8) is 0 Å². The molecule has 0 amide bonds. The van der Waals surface area contributed by atoms with Crippen molar-refractivity contribution in [2.75, 3.05) is 12.4 Å². The predicted octanol–water partition coefficient (Wildman–Crippen LogP) is 0.433. The molecule has 0 radical (unpaired) electrons. The van der Waals surface area contributed by atoms with Gasteiger partial charge >= 0.3 is 0 Å². The Kier molecular flexibility index (Phi) is 3.51. The summed E-state index contributed by atoms with van der Waals surface area (Å²) in [5.74, 6) is 0.598. The molecule has 62 valence electrons. The highest BCUT2D eigenvalue weighted by molar-refractivity contribution is 7.99. The van der Waals surface area contributed by atoms with Gasteiger partial charge in [0, 0.05) is 5.75 Å². The van der Waals surface area contributed by atoms with Crippen molar-refractivity contribution in [3.8, 4) is 6.07 Å². The minimum absolute atomic E-state index is 0.117. The number of aliphatic hydroxyl groups excluding tert-OH is 1. The van der Waals surface area contributed by atoms with Crippen molar-refractivity contribution < 1.29 is 5.11 Å². The molecule has 0 spiro atoms. The molecular weight excluding hydrogens is 174 g/mol. The molecule has 0 atom stereocenters. The molecule has 1 rings (SSSR count). The molecule has 1 N–H and O–H groups in total. The van der Waals surface area contributed by atoms with Crippen molar-refractivity contribution in [2.45, 2.75) is 5.03 Å². The van der Waals surface area contributed by atoms with Gasteiger partial charge in [-0.3, -0.25) is 0 Å². The maximum absolute atomic E-state index is 8.51. The molecule has 0 fully saturated rings. The van der Waals surface area contributed by atoms with Gasteiger partial charge in [-0.05, 0) is 0 Å². The third-order valence-corrected chi connectivity index (χ3v) is 1.98. The van der Waals surface area contributed by atoms with Crippen LogP contribution in [0.15, 0.2) is 17.4 Å². The number of nitrogens with zero attached hydrogens (tertiary/aromatic N) is 3. The average molecular weight is 181 g/mol. The first-order valence-electron chi connectivity index (χ1n) is 3.32. The van der Waals surface area contributed by atoms with E-state index < -0.39 is 0 Å². The molecule has 0 saturated heterocycles. The van der Waals surface area contributed by atoms with E-state index in [9.17, 15) is 0 Å². The zero-order chi connectivity index (χ0) is 8.81. The smallest absolute Gasteiger partial charge is 0.158 e. The molecule has 0 aromatic carbocycles. The summed E-state index contributed by atoms with van der Waals surface area (Å²) in [5, 5.41) is 17.6. The molecule has 0 aliphatic rings. The first-order chi connectivity index (χ1) is 5.86. The summed E-state index contributed by atoms with van der Waals surface area (Å²) in [6.45, 7) is 0.117. The van der Waals surface area contributed by atoms with Gasteiger partial charge in [0.15, 0.2) is 5.69 Å². The third kappa shape index (κ3) is 2.49. The van der Waals surface area contributed by atoms with Crippen molar-refractivity contribution in [1.29, 1.82) is 5.26 Å². The van der Waals surface area contributed by atoms with Gasteiger partial charge in [0.25, 0.3) is 0 Å². The zero-order valence-electron chi connectivity index (χ0n) is 6.27. The lowest BCUT2D eigenvalue weighted by Gasteiger charge is -1.95. The Morgan fingerprint density at radius 1 is 1.50 bits per heavy atom. The minimum atomic E-state index is 0.117. The second-order valence-corrected chi connectivity index (χ2v) is 3.04. The van der Waals surface area contributed by atoms with E-state index in [0.29, 0.717) is 11.4 Å². The SMILES string of the molecule is N#Cc1cnc(SCCO)cn1. The summed E-state index contributed by atoms with van der Waals surface area (Å²) >= 11 is 1.41. The van der Waals surface area contributed by atoms with E-state index in [2.05, 4.69) is 9.97 Å². The molecular formula is C7H7N3OS. The van der Waals surface area contributed by atoms with Crippen LogP contribution in [0.2, 0.25) is 0 Å². The highest BCUT2D eigenvalue weighted by Crippen LogP contribution is 2.11. The number of nitriles is 1. The average Bonchev–Trinajstić information content (AvgIpc) is 2.15. The van der Waals surface area contributed by atoms with Crippen LogP contribution in [0, 0.1) is 11.3 Å². The monoisotopic (exact) mass is 181 g/mol. The van der Waals surface area contributed by atoms with E-state index in [1.807, 2.05) is 6.07 Å².